The second-order valence-electron chi connectivity index (χ2n) is 4.63. The molecule has 0 aliphatic rings. The van der Waals surface area contributed by atoms with E-state index in [-0.39, 0.29) is 17.1 Å². The molecule has 0 radical (unpaired) electrons. The Morgan fingerprint density at radius 3 is 2.36 bits per heavy atom. The number of alkyl halides is 2. The maximum Gasteiger partial charge on any atom is 0.387 e. The molecule has 0 saturated heterocycles. The van der Waals surface area contributed by atoms with Crippen molar-refractivity contribution < 1.29 is 33.0 Å². The Morgan fingerprint density at radius 2 is 1.86 bits per heavy atom. The molecule has 0 bridgehead atoms. The number of carboxylic acids is 1. The number of halogens is 2. The van der Waals surface area contributed by atoms with Gasteiger partial charge in [-0.15, -0.1) is 0 Å². The zero-order valence-electron chi connectivity index (χ0n) is 12.3. The highest BCUT2D eigenvalue weighted by Crippen LogP contribution is 2.29. The molecule has 0 fully saturated rings. The number of carboxylic acid groups (broad SMARTS) is 1. The Bertz CT molecular complexity index is 550. The largest absolute Gasteiger partial charge is 0.493 e. The minimum absolute atomic E-state index is 0.0564. The molecule has 1 amide bonds. The summed E-state index contributed by atoms with van der Waals surface area (Å²) >= 11 is 0. The van der Waals surface area contributed by atoms with Crippen LogP contribution in [0, 0.1) is 5.92 Å². The van der Waals surface area contributed by atoms with Crippen molar-refractivity contribution in [2.24, 2.45) is 5.92 Å². The molecule has 122 valence electrons. The lowest BCUT2D eigenvalue weighted by Crippen LogP contribution is -2.40. The van der Waals surface area contributed by atoms with Crippen LogP contribution < -0.4 is 14.8 Å². The summed E-state index contributed by atoms with van der Waals surface area (Å²) in [6.07, 6.45) is 0. The third-order valence-corrected chi connectivity index (χ3v) is 3.14. The van der Waals surface area contributed by atoms with Crippen molar-refractivity contribution in [2.75, 3.05) is 7.11 Å². The van der Waals surface area contributed by atoms with Gasteiger partial charge in [-0.25, -0.2) is 0 Å². The first-order valence-electron chi connectivity index (χ1n) is 6.42. The number of carbonyl (C=O) groups excluding carboxylic acids is 1. The zero-order chi connectivity index (χ0) is 16.9. The molecule has 8 heteroatoms. The molecule has 1 aromatic carbocycles. The standard InChI is InChI=1S/C14H17F2NO5/c1-7(13(19)20)8(2)17-12(18)9-4-5-10(21-3)11(6-9)22-14(15)16/h4-8,14H,1-3H3,(H,17,18)(H,19,20). The van der Waals surface area contributed by atoms with Crippen LogP contribution in [0.1, 0.15) is 24.2 Å². The quantitative estimate of drug-likeness (QED) is 0.805. The summed E-state index contributed by atoms with van der Waals surface area (Å²) in [5.41, 5.74) is 0.0564. The van der Waals surface area contributed by atoms with Crippen molar-refractivity contribution in [3.8, 4) is 11.5 Å². The summed E-state index contributed by atoms with van der Waals surface area (Å²) in [7, 11) is 1.28. The number of nitrogens with one attached hydrogen (secondary N) is 1. The van der Waals surface area contributed by atoms with Gasteiger partial charge in [-0.2, -0.15) is 8.78 Å². The van der Waals surface area contributed by atoms with Crippen molar-refractivity contribution in [3.05, 3.63) is 23.8 Å². The van der Waals surface area contributed by atoms with Gasteiger partial charge in [0, 0.05) is 11.6 Å². The van der Waals surface area contributed by atoms with Gasteiger partial charge < -0.3 is 19.9 Å². The van der Waals surface area contributed by atoms with Crippen LogP contribution in [-0.4, -0.2) is 36.7 Å². The Hall–Kier alpha value is -2.38. The molecule has 0 aliphatic heterocycles. The topological polar surface area (TPSA) is 84.9 Å². The monoisotopic (exact) mass is 317 g/mol. The third-order valence-electron chi connectivity index (χ3n) is 3.14. The van der Waals surface area contributed by atoms with Crippen molar-refractivity contribution in [1.82, 2.24) is 5.32 Å². The molecular formula is C14H17F2NO5. The second-order valence-corrected chi connectivity index (χ2v) is 4.63. The van der Waals surface area contributed by atoms with E-state index in [1.54, 1.807) is 0 Å². The average Bonchev–Trinajstić information content (AvgIpc) is 2.45. The number of hydrogen-bond donors (Lipinski definition) is 2. The van der Waals surface area contributed by atoms with Crippen LogP contribution >= 0.6 is 0 Å². The van der Waals surface area contributed by atoms with Gasteiger partial charge in [0.1, 0.15) is 0 Å². The number of aliphatic carboxylic acids is 1. The van der Waals surface area contributed by atoms with Gasteiger partial charge in [0.05, 0.1) is 13.0 Å². The summed E-state index contributed by atoms with van der Waals surface area (Å²) in [6.45, 7) is -0.0678. The number of ether oxygens (including phenoxy) is 2. The van der Waals surface area contributed by atoms with Crippen molar-refractivity contribution in [3.63, 3.8) is 0 Å². The van der Waals surface area contributed by atoms with E-state index in [2.05, 4.69) is 10.1 Å². The minimum atomic E-state index is -3.06. The van der Waals surface area contributed by atoms with Crippen LogP contribution in [-0.2, 0) is 4.79 Å². The lowest BCUT2D eigenvalue weighted by Gasteiger charge is -2.18. The fourth-order valence-electron chi connectivity index (χ4n) is 1.64. The summed E-state index contributed by atoms with van der Waals surface area (Å²) in [5, 5.41) is 11.4. The molecule has 0 spiro atoms. The van der Waals surface area contributed by atoms with Crippen LogP contribution in [0.4, 0.5) is 8.78 Å². The van der Waals surface area contributed by atoms with E-state index in [0.717, 1.165) is 6.07 Å². The first kappa shape index (κ1) is 17.7. The fourth-order valence-corrected chi connectivity index (χ4v) is 1.64. The average molecular weight is 317 g/mol. The van der Waals surface area contributed by atoms with Gasteiger partial charge in [-0.1, -0.05) is 0 Å². The normalized spacial score (nSPS) is 13.4. The number of hydrogen-bond acceptors (Lipinski definition) is 4. The molecule has 0 aromatic heterocycles. The SMILES string of the molecule is COc1ccc(C(=O)NC(C)C(C)C(=O)O)cc1OC(F)F. The molecule has 0 saturated carbocycles. The Kier molecular flexibility index (Phi) is 6.09. The first-order valence-corrected chi connectivity index (χ1v) is 6.42. The minimum Gasteiger partial charge on any atom is -0.493 e. The van der Waals surface area contributed by atoms with E-state index in [1.807, 2.05) is 0 Å². The van der Waals surface area contributed by atoms with Crippen LogP contribution in [0.2, 0.25) is 0 Å². The van der Waals surface area contributed by atoms with Gasteiger partial charge in [0.25, 0.3) is 5.91 Å². The molecule has 6 nitrogen and oxygen atoms in total. The van der Waals surface area contributed by atoms with Crippen molar-refractivity contribution in [2.45, 2.75) is 26.5 Å². The zero-order valence-corrected chi connectivity index (χ0v) is 12.3. The van der Waals surface area contributed by atoms with Gasteiger partial charge >= 0.3 is 12.6 Å². The first-order chi connectivity index (χ1) is 10.3. The number of methoxy groups -OCH3 is 1. The molecule has 2 N–H and O–H groups in total. The maximum absolute atomic E-state index is 12.3. The molecule has 1 aromatic rings. The summed E-state index contributed by atoms with van der Waals surface area (Å²) in [6, 6.07) is 3.16. The lowest BCUT2D eigenvalue weighted by molar-refractivity contribution is -0.141. The van der Waals surface area contributed by atoms with E-state index >= 15 is 0 Å². The molecule has 22 heavy (non-hydrogen) atoms. The third kappa shape index (κ3) is 4.57. The van der Waals surface area contributed by atoms with Gasteiger partial charge in [0.15, 0.2) is 11.5 Å². The highest BCUT2D eigenvalue weighted by molar-refractivity contribution is 5.95. The highest BCUT2D eigenvalue weighted by atomic mass is 19.3. The highest BCUT2D eigenvalue weighted by Gasteiger charge is 2.22. The molecular weight excluding hydrogens is 300 g/mol. The molecule has 2 unspecified atom stereocenters. The van der Waals surface area contributed by atoms with Crippen LogP contribution in [0.25, 0.3) is 0 Å². The van der Waals surface area contributed by atoms with Crippen LogP contribution in [0.15, 0.2) is 18.2 Å². The van der Waals surface area contributed by atoms with E-state index < -0.39 is 30.4 Å². The smallest absolute Gasteiger partial charge is 0.387 e. The Morgan fingerprint density at radius 1 is 1.23 bits per heavy atom. The summed E-state index contributed by atoms with van der Waals surface area (Å²) in [5.74, 6) is -2.65. The second kappa shape index (κ2) is 7.58. The van der Waals surface area contributed by atoms with E-state index in [4.69, 9.17) is 9.84 Å². The maximum atomic E-state index is 12.3. The summed E-state index contributed by atoms with van der Waals surface area (Å²) < 4.78 is 33.8. The molecule has 1 rings (SSSR count). The molecule has 0 aliphatic carbocycles. The molecule has 2 atom stereocenters. The Balaban J connectivity index is 2.92. The van der Waals surface area contributed by atoms with Gasteiger partial charge in [-0.05, 0) is 32.0 Å². The predicted octanol–water partition coefficient (Wildman–Crippen LogP) is 2.14. The molecule has 0 heterocycles. The number of amides is 1. The van der Waals surface area contributed by atoms with Crippen LogP contribution in [0.5, 0.6) is 11.5 Å². The van der Waals surface area contributed by atoms with E-state index in [1.165, 1.54) is 33.1 Å². The Labute approximate surface area is 126 Å². The lowest BCUT2D eigenvalue weighted by atomic mass is 10.0. The van der Waals surface area contributed by atoms with Gasteiger partial charge in [-0.3, -0.25) is 9.59 Å². The van der Waals surface area contributed by atoms with Crippen LogP contribution in [0.3, 0.4) is 0 Å². The van der Waals surface area contributed by atoms with E-state index in [9.17, 15) is 18.4 Å². The predicted molar refractivity (Wildman–Crippen MR) is 73.4 cm³/mol. The number of rotatable bonds is 7. The fraction of sp³-hybridized carbons (Fsp3) is 0.429. The number of carbonyl (C=O) groups is 2. The summed E-state index contributed by atoms with van der Waals surface area (Å²) in [4.78, 5) is 22.9. The number of benzene rings is 1. The van der Waals surface area contributed by atoms with Crippen molar-refractivity contribution in [1.29, 1.82) is 0 Å². The van der Waals surface area contributed by atoms with E-state index in [0.29, 0.717) is 0 Å². The van der Waals surface area contributed by atoms with Crippen molar-refractivity contribution >= 4 is 11.9 Å². The van der Waals surface area contributed by atoms with Gasteiger partial charge in [0.2, 0.25) is 0 Å².